The van der Waals surface area contributed by atoms with E-state index in [2.05, 4.69) is 17.4 Å². The fourth-order valence-corrected chi connectivity index (χ4v) is 2.73. The number of amides is 1. The van der Waals surface area contributed by atoms with Crippen LogP contribution in [0.3, 0.4) is 0 Å². The Morgan fingerprint density at radius 3 is 2.67 bits per heavy atom. The van der Waals surface area contributed by atoms with Crippen LogP contribution in [0.5, 0.6) is 0 Å². The van der Waals surface area contributed by atoms with Gasteiger partial charge in [0.2, 0.25) is 5.91 Å². The molecule has 0 saturated heterocycles. The van der Waals surface area contributed by atoms with Crippen molar-refractivity contribution in [2.24, 2.45) is 5.41 Å². The molecule has 0 spiro atoms. The molecule has 1 aromatic rings. The number of anilines is 1. The van der Waals surface area contributed by atoms with Crippen molar-refractivity contribution >= 4 is 11.6 Å². The molecule has 1 aliphatic heterocycles. The molecule has 1 amide bonds. The van der Waals surface area contributed by atoms with E-state index in [1.165, 1.54) is 5.56 Å². The van der Waals surface area contributed by atoms with Crippen molar-refractivity contribution in [3.63, 3.8) is 0 Å². The zero-order valence-corrected chi connectivity index (χ0v) is 10.9. The largest absolute Gasteiger partial charge is 0.396 e. The van der Waals surface area contributed by atoms with E-state index in [9.17, 15) is 9.90 Å². The van der Waals surface area contributed by atoms with Crippen molar-refractivity contribution in [2.45, 2.75) is 38.5 Å². The van der Waals surface area contributed by atoms with Gasteiger partial charge < -0.3 is 10.4 Å². The number of carbonyl (C=O) groups is 1. The number of fused-ring (bicyclic) bond motifs is 1. The molecule has 1 heterocycles. The van der Waals surface area contributed by atoms with Crippen LogP contribution < -0.4 is 5.32 Å². The number of nitrogens with one attached hydrogen (secondary N) is 1. The Morgan fingerprint density at radius 1 is 1.33 bits per heavy atom. The lowest BCUT2D eigenvalue weighted by atomic mass is 9.84. The van der Waals surface area contributed by atoms with Gasteiger partial charge in [-0.05, 0) is 55.7 Å². The van der Waals surface area contributed by atoms with Gasteiger partial charge in [0.15, 0.2) is 0 Å². The highest BCUT2D eigenvalue weighted by Gasteiger charge is 2.43. The van der Waals surface area contributed by atoms with E-state index in [0.717, 1.165) is 30.5 Å². The molecule has 2 aliphatic rings. The molecular weight excluding hydrogens is 226 g/mol. The molecule has 1 aromatic carbocycles. The van der Waals surface area contributed by atoms with E-state index in [4.69, 9.17) is 0 Å². The molecule has 0 unspecified atom stereocenters. The smallest absolute Gasteiger partial charge is 0.234 e. The Kier molecular flexibility index (Phi) is 2.33. The standard InChI is InChI=1S/C15H19NO2/c1-14(2)11-7-10(8-15(9-17)5-6-15)3-4-12(11)16-13(14)18/h3-4,7,17H,5-6,8-9H2,1-2H3,(H,16,18). The Balaban J connectivity index is 1.93. The topological polar surface area (TPSA) is 49.3 Å². The lowest BCUT2D eigenvalue weighted by molar-refractivity contribution is -0.119. The average Bonchev–Trinajstić information content (AvgIpc) is 3.06. The summed E-state index contributed by atoms with van der Waals surface area (Å²) in [6.45, 7) is 4.18. The molecule has 3 rings (SSSR count). The van der Waals surface area contributed by atoms with Gasteiger partial charge >= 0.3 is 0 Å². The molecule has 1 fully saturated rings. The SMILES string of the molecule is CC1(C)C(=O)Nc2ccc(CC3(CO)CC3)cc21. The average molecular weight is 245 g/mol. The second kappa shape index (κ2) is 3.58. The molecule has 96 valence electrons. The normalized spacial score (nSPS) is 22.5. The molecular formula is C15H19NO2. The third-order valence-electron chi connectivity index (χ3n) is 4.44. The van der Waals surface area contributed by atoms with Gasteiger partial charge in [-0.15, -0.1) is 0 Å². The van der Waals surface area contributed by atoms with Gasteiger partial charge in [-0.25, -0.2) is 0 Å². The second-order valence-electron chi connectivity index (χ2n) is 6.29. The summed E-state index contributed by atoms with van der Waals surface area (Å²) < 4.78 is 0. The van der Waals surface area contributed by atoms with E-state index < -0.39 is 5.41 Å². The van der Waals surface area contributed by atoms with E-state index in [1.54, 1.807) is 0 Å². The fourth-order valence-electron chi connectivity index (χ4n) is 2.73. The molecule has 0 atom stereocenters. The molecule has 1 aliphatic carbocycles. The highest BCUT2D eigenvalue weighted by molar-refractivity contribution is 6.05. The van der Waals surface area contributed by atoms with Crippen molar-refractivity contribution in [3.8, 4) is 0 Å². The molecule has 0 radical (unpaired) electrons. The number of aliphatic hydroxyl groups excluding tert-OH is 1. The minimum absolute atomic E-state index is 0.0675. The highest BCUT2D eigenvalue weighted by Crippen LogP contribution is 2.48. The summed E-state index contributed by atoms with van der Waals surface area (Å²) in [5.41, 5.74) is 2.92. The minimum Gasteiger partial charge on any atom is -0.396 e. The fraction of sp³-hybridized carbons (Fsp3) is 0.533. The van der Waals surface area contributed by atoms with E-state index in [-0.39, 0.29) is 17.9 Å². The quantitative estimate of drug-likeness (QED) is 0.858. The van der Waals surface area contributed by atoms with Crippen molar-refractivity contribution < 1.29 is 9.90 Å². The Bertz CT molecular complexity index is 515. The monoisotopic (exact) mass is 245 g/mol. The molecule has 1 saturated carbocycles. The van der Waals surface area contributed by atoms with Gasteiger partial charge in [-0.1, -0.05) is 12.1 Å². The number of carbonyl (C=O) groups excluding carboxylic acids is 1. The summed E-state index contributed by atoms with van der Waals surface area (Å²) in [6, 6.07) is 6.18. The number of benzene rings is 1. The van der Waals surface area contributed by atoms with Crippen LogP contribution in [-0.2, 0) is 16.6 Å². The first-order valence-corrected chi connectivity index (χ1v) is 6.53. The maximum atomic E-state index is 11.9. The summed E-state index contributed by atoms with van der Waals surface area (Å²) in [5, 5.41) is 12.3. The van der Waals surface area contributed by atoms with Crippen molar-refractivity contribution in [1.82, 2.24) is 0 Å². The first kappa shape index (κ1) is 11.7. The molecule has 18 heavy (non-hydrogen) atoms. The van der Waals surface area contributed by atoms with E-state index in [0.29, 0.717) is 0 Å². The molecule has 2 N–H and O–H groups in total. The predicted molar refractivity (Wildman–Crippen MR) is 70.6 cm³/mol. The van der Waals surface area contributed by atoms with Crippen LogP contribution in [0.1, 0.15) is 37.8 Å². The lowest BCUT2D eigenvalue weighted by Crippen LogP contribution is -2.27. The van der Waals surface area contributed by atoms with Gasteiger partial charge in [-0.3, -0.25) is 4.79 Å². The van der Waals surface area contributed by atoms with Crippen LogP contribution in [0, 0.1) is 5.41 Å². The molecule has 3 heteroatoms. The third kappa shape index (κ3) is 1.65. The third-order valence-corrected chi connectivity index (χ3v) is 4.44. The first-order chi connectivity index (χ1) is 8.47. The van der Waals surface area contributed by atoms with E-state index >= 15 is 0 Å². The van der Waals surface area contributed by atoms with Crippen LogP contribution in [0.15, 0.2) is 18.2 Å². The summed E-state index contributed by atoms with van der Waals surface area (Å²) in [4.78, 5) is 11.9. The van der Waals surface area contributed by atoms with Gasteiger partial charge in [-0.2, -0.15) is 0 Å². The van der Waals surface area contributed by atoms with Crippen molar-refractivity contribution in [1.29, 1.82) is 0 Å². The lowest BCUT2D eigenvalue weighted by Gasteiger charge is -2.17. The van der Waals surface area contributed by atoms with Crippen LogP contribution in [0.25, 0.3) is 0 Å². The first-order valence-electron chi connectivity index (χ1n) is 6.53. The molecule has 3 nitrogen and oxygen atoms in total. The zero-order valence-electron chi connectivity index (χ0n) is 10.9. The number of hydrogen-bond acceptors (Lipinski definition) is 2. The van der Waals surface area contributed by atoms with E-state index in [1.807, 2.05) is 19.9 Å². The van der Waals surface area contributed by atoms with Gasteiger partial charge in [0.1, 0.15) is 0 Å². The Labute approximate surface area is 107 Å². The number of hydrogen-bond donors (Lipinski definition) is 2. The van der Waals surface area contributed by atoms with Gasteiger partial charge in [0.25, 0.3) is 0 Å². The van der Waals surface area contributed by atoms with Gasteiger partial charge in [0, 0.05) is 12.3 Å². The van der Waals surface area contributed by atoms with Crippen molar-refractivity contribution in [3.05, 3.63) is 29.3 Å². The van der Waals surface area contributed by atoms with Crippen LogP contribution in [0.4, 0.5) is 5.69 Å². The van der Waals surface area contributed by atoms with Crippen LogP contribution in [0.2, 0.25) is 0 Å². The minimum atomic E-state index is -0.443. The summed E-state index contributed by atoms with van der Waals surface area (Å²) >= 11 is 0. The highest BCUT2D eigenvalue weighted by atomic mass is 16.3. The summed E-state index contributed by atoms with van der Waals surface area (Å²) in [6.07, 6.45) is 3.14. The van der Waals surface area contributed by atoms with Gasteiger partial charge in [0.05, 0.1) is 5.41 Å². The maximum absolute atomic E-state index is 11.9. The molecule has 0 aromatic heterocycles. The predicted octanol–water partition coefficient (Wildman–Crippen LogP) is 2.23. The second-order valence-corrected chi connectivity index (χ2v) is 6.29. The molecule has 0 bridgehead atoms. The summed E-state index contributed by atoms with van der Waals surface area (Å²) in [7, 11) is 0. The Morgan fingerprint density at radius 2 is 2.06 bits per heavy atom. The number of rotatable bonds is 3. The van der Waals surface area contributed by atoms with Crippen LogP contribution in [-0.4, -0.2) is 17.6 Å². The number of aliphatic hydroxyl groups is 1. The van der Waals surface area contributed by atoms with Crippen molar-refractivity contribution in [2.75, 3.05) is 11.9 Å². The zero-order chi connectivity index (χ0) is 13.0. The van der Waals surface area contributed by atoms with Crippen LogP contribution >= 0.6 is 0 Å². The summed E-state index contributed by atoms with van der Waals surface area (Å²) in [5.74, 6) is 0.0675. The maximum Gasteiger partial charge on any atom is 0.234 e. The Hall–Kier alpha value is -1.35.